The van der Waals surface area contributed by atoms with Crippen molar-refractivity contribution in [2.45, 2.75) is 31.3 Å². The van der Waals surface area contributed by atoms with Gasteiger partial charge in [-0.25, -0.2) is 4.79 Å². The summed E-state index contributed by atoms with van der Waals surface area (Å²) in [4.78, 5) is 10.8. The molecule has 1 unspecified atom stereocenters. The molecule has 5 heteroatoms. The van der Waals surface area contributed by atoms with Crippen LogP contribution in [0.1, 0.15) is 36.9 Å². The monoisotopic (exact) mass is 230 g/mol. The van der Waals surface area contributed by atoms with Crippen LogP contribution in [0.25, 0.3) is 0 Å². The predicted octanol–water partition coefficient (Wildman–Crippen LogP) is 2.02. The Morgan fingerprint density at radius 3 is 2.60 bits per heavy atom. The second-order valence-electron chi connectivity index (χ2n) is 4.16. The number of aromatic carboxylic acids is 1. The average Bonchev–Trinajstić information content (AvgIpc) is 2.50. The van der Waals surface area contributed by atoms with Crippen LogP contribution in [0.3, 0.4) is 0 Å². The van der Waals surface area contributed by atoms with Gasteiger partial charge in [0.25, 0.3) is 0 Å². The molecule has 0 aliphatic rings. The molecular formula is C10H14O4S. The number of hydrogen-bond donors (Lipinski definition) is 1. The molecule has 15 heavy (non-hydrogen) atoms. The lowest BCUT2D eigenvalue weighted by Crippen LogP contribution is -2.23. The molecule has 0 saturated carbocycles. The Bertz CT molecular complexity index is 386. The van der Waals surface area contributed by atoms with Crippen LogP contribution < -0.4 is 0 Å². The topological polar surface area (TPSA) is 67.5 Å². The van der Waals surface area contributed by atoms with Crippen molar-refractivity contribution >= 4 is 16.8 Å². The number of furan rings is 1. The van der Waals surface area contributed by atoms with Crippen molar-refractivity contribution in [2.24, 2.45) is 0 Å². The third-order valence-corrected chi connectivity index (χ3v) is 3.81. The molecule has 0 radical (unpaired) electrons. The third kappa shape index (κ3) is 2.92. The molecule has 0 amide bonds. The summed E-state index contributed by atoms with van der Waals surface area (Å²) in [6, 6.07) is 1.37. The van der Waals surface area contributed by atoms with E-state index in [2.05, 4.69) is 0 Å². The number of rotatable bonds is 3. The zero-order valence-corrected chi connectivity index (χ0v) is 9.76. The summed E-state index contributed by atoms with van der Waals surface area (Å²) < 4.78 is 16.4. The molecule has 1 heterocycles. The highest BCUT2D eigenvalue weighted by Crippen LogP contribution is 2.19. The van der Waals surface area contributed by atoms with Gasteiger partial charge in [0.05, 0.1) is 12.0 Å². The van der Waals surface area contributed by atoms with Crippen LogP contribution in [-0.4, -0.2) is 20.0 Å². The lowest BCUT2D eigenvalue weighted by Gasteiger charge is -2.16. The Kier molecular flexibility index (Phi) is 3.34. The van der Waals surface area contributed by atoms with Gasteiger partial charge in [-0.2, -0.15) is 0 Å². The summed E-state index contributed by atoms with van der Waals surface area (Å²) >= 11 is 0. The van der Waals surface area contributed by atoms with Crippen molar-refractivity contribution in [3.05, 3.63) is 23.7 Å². The molecule has 0 aliphatic heterocycles. The molecule has 0 fully saturated rings. The zero-order valence-electron chi connectivity index (χ0n) is 8.94. The molecule has 4 nitrogen and oxygen atoms in total. The molecule has 84 valence electrons. The summed E-state index contributed by atoms with van der Waals surface area (Å²) in [5.41, 5.74) is 0.0904. The number of hydrogen-bond acceptors (Lipinski definition) is 3. The van der Waals surface area contributed by atoms with Gasteiger partial charge < -0.3 is 9.52 Å². The van der Waals surface area contributed by atoms with Gasteiger partial charge in [0.2, 0.25) is 0 Å². The standard InChI is InChI=1S/C10H14O4S/c1-10(2,3)15(13)6-8-7(9(11)12)4-5-14-8/h4-5H,6H2,1-3H3,(H,11,12). The first-order chi connectivity index (χ1) is 6.82. The average molecular weight is 230 g/mol. The second-order valence-corrected chi connectivity index (χ2v) is 6.37. The van der Waals surface area contributed by atoms with E-state index >= 15 is 0 Å². The minimum atomic E-state index is -1.15. The first-order valence-electron chi connectivity index (χ1n) is 4.50. The van der Waals surface area contributed by atoms with Crippen molar-refractivity contribution in [2.75, 3.05) is 0 Å². The van der Waals surface area contributed by atoms with E-state index in [0.717, 1.165) is 0 Å². The summed E-state index contributed by atoms with van der Waals surface area (Å²) in [5, 5.41) is 8.81. The molecule has 0 bridgehead atoms. The third-order valence-electron chi connectivity index (χ3n) is 1.92. The van der Waals surface area contributed by atoms with Crippen LogP contribution in [0, 0.1) is 0 Å². The fraction of sp³-hybridized carbons (Fsp3) is 0.500. The number of carboxylic acids is 1. The largest absolute Gasteiger partial charge is 0.478 e. The first kappa shape index (κ1) is 12.0. The highest BCUT2D eigenvalue weighted by Gasteiger charge is 2.23. The van der Waals surface area contributed by atoms with E-state index in [1.807, 2.05) is 20.8 Å². The Labute approximate surface area is 90.7 Å². The van der Waals surface area contributed by atoms with Crippen molar-refractivity contribution < 1.29 is 18.5 Å². The van der Waals surface area contributed by atoms with Crippen LogP contribution in [-0.2, 0) is 16.6 Å². The molecule has 1 rings (SSSR count). The first-order valence-corrected chi connectivity index (χ1v) is 5.82. The van der Waals surface area contributed by atoms with E-state index in [9.17, 15) is 9.00 Å². The minimum Gasteiger partial charge on any atom is -0.478 e. The van der Waals surface area contributed by atoms with Gasteiger partial charge in [-0.15, -0.1) is 0 Å². The second kappa shape index (κ2) is 4.18. The maximum absolute atomic E-state index is 11.8. The highest BCUT2D eigenvalue weighted by atomic mass is 32.2. The molecule has 0 aromatic carbocycles. The summed E-state index contributed by atoms with van der Waals surface area (Å²) in [6.45, 7) is 5.52. The van der Waals surface area contributed by atoms with Crippen LogP contribution in [0.4, 0.5) is 0 Å². The van der Waals surface area contributed by atoms with Crippen molar-refractivity contribution in [1.82, 2.24) is 0 Å². The maximum atomic E-state index is 11.8. The molecule has 1 aromatic rings. The van der Waals surface area contributed by atoms with Crippen LogP contribution >= 0.6 is 0 Å². The number of carbonyl (C=O) groups is 1. The SMILES string of the molecule is CC(C)(C)S(=O)Cc1occc1C(=O)O. The van der Waals surface area contributed by atoms with E-state index in [1.165, 1.54) is 12.3 Å². The van der Waals surface area contributed by atoms with Gasteiger partial charge >= 0.3 is 5.97 Å². The summed E-state index contributed by atoms with van der Waals surface area (Å²) in [6.07, 6.45) is 1.30. The van der Waals surface area contributed by atoms with E-state index in [-0.39, 0.29) is 21.8 Å². The molecule has 1 atom stereocenters. The Hall–Kier alpha value is -1.10. The minimum absolute atomic E-state index is 0.0904. The molecule has 0 saturated heterocycles. The van der Waals surface area contributed by atoms with Gasteiger partial charge in [0, 0.05) is 15.5 Å². The summed E-state index contributed by atoms with van der Waals surface area (Å²) in [7, 11) is -1.15. The van der Waals surface area contributed by atoms with E-state index in [1.54, 1.807) is 0 Å². The van der Waals surface area contributed by atoms with Crippen LogP contribution in [0.15, 0.2) is 16.7 Å². The fourth-order valence-corrected chi connectivity index (χ4v) is 1.87. The van der Waals surface area contributed by atoms with Gasteiger partial charge in [-0.05, 0) is 26.8 Å². The molecular weight excluding hydrogens is 216 g/mol. The van der Waals surface area contributed by atoms with E-state index < -0.39 is 16.8 Å². The van der Waals surface area contributed by atoms with Crippen LogP contribution in [0.5, 0.6) is 0 Å². The molecule has 1 aromatic heterocycles. The molecule has 0 aliphatic carbocycles. The van der Waals surface area contributed by atoms with Crippen molar-refractivity contribution in [3.63, 3.8) is 0 Å². The predicted molar refractivity (Wildman–Crippen MR) is 57.3 cm³/mol. The van der Waals surface area contributed by atoms with Crippen molar-refractivity contribution in [1.29, 1.82) is 0 Å². The Morgan fingerprint density at radius 2 is 2.13 bits per heavy atom. The highest BCUT2D eigenvalue weighted by molar-refractivity contribution is 7.85. The summed E-state index contributed by atoms with van der Waals surface area (Å²) in [5.74, 6) is -0.640. The quantitative estimate of drug-likeness (QED) is 0.862. The van der Waals surface area contributed by atoms with Gasteiger partial charge in [0.1, 0.15) is 11.3 Å². The van der Waals surface area contributed by atoms with E-state index in [0.29, 0.717) is 0 Å². The van der Waals surface area contributed by atoms with Crippen LogP contribution in [0.2, 0.25) is 0 Å². The van der Waals surface area contributed by atoms with Gasteiger partial charge in [-0.1, -0.05) is 0 Å². The normalized spacial score (nSPS) is 13.8. The Morgan fingerprint density at radius 1 is 1.53 bits per heavy atom. The van der Waals surface area contributed by atoms with E-state index in [4.69, 9.17) is 9.52 Å². The fourth-order valence-electron chi connectivity index (χ4n) is 0.979. The maximum Gasteiger partial charge on any atom is 0.339 e. The Balaban J connectivity index is 2.86. The molecule has 1 N–H and O–H groups in total. The van der Waals surface area contributed by atoms with Gasteiger partial charge in [0.15, 0.2) is 0 Å². The molecule has 0 spiro atoms. The van der Waals surface area contributed by atoms with Gasteiger partial charge in [-0.3, -0.25) is 4.21 Å². The van der Waals surface area contributed by atoms with Crippen molar-refractivity contribution in [3.8, 4) is 0 Å². The smallest absolute Gasteiger partial charge is 0.339 e. The lowest BCUT2D eigenvalue weighted by atomic mass is 10.2. The number of carboxylic acid groups (broad SMARTS) is 1. The zero-order chi connectivity index (χ0) is 11.6. The lowest BCUT2D eigenvalue weighted by molar-refractivity contribution is 0.0695.